The number of aromatic amines is 1. The van der Waals surface area contributed by atoms with Crippen LogP contribution in [0.3, 0.4) is 0 Å². The van der Waals surface area contributed by atoms with Crippen LogP contribution in [0.1, 0.15) is 30.9 Å². The molecule has 0 bridgehead atoms. The van der Waals surface area contributed by atoms with E-state index in [1.54, 1.807) is 12.3 Å². The average molecular weight is 426 g/mol. The zero-order valence-electron chi connectivity index (χ0n) is 15.3. The quantitative estimate of drug-likeness (QED) is 0.590. The van der Waals surface area contributed by atoms with Crippen LogP contribution in [-0.2, 0) is 9.59 Å². The van der Waals surface area contributed by atoms with E-state index in [4.69, 9.17) is 0 Å². The van der Waals surface area contributed by atoms with E-state index < -0.39 is 6.04 Å². The lowest BCUT2D eigenvalue weighted by Gasteiger charge is -2.24. The summed E-state index contributed by atoms with van der Waals surface area (Å²) in [7, 11) is 0. The maximum atomic E-state index is 12.8. The minimum absolute atomic E-state index is 0. The maximum absolute atomic E-state index is 12.8. The smallest absolute Gasteiger partial charge is 0.252 e. The number of halogens is 2. The van der Waals surface area contributed by atoms with Gasteiger partial charge in [-0.15, -0.1) is 24.8 Å². The van der Waals surface area contributed by atoms with Gasteiger partial charge in [0.05, 0.1) is 6.20 Å². The number of piperidine rings is 1. The van der Waals surface area contributed by atoms with Crippen LogP contribution in [0.5, 0.6) is 0 Å². The largest absolute Gasteiger partial charge is 0.340 e. The first-order valence-corrected chi connectivity index (χ1v) is 9.04. The summed E-state index contributed by atoms with van der Waals surface area (Å²) >= 11 is 0. The van der Waals surface area contributed by atoms with E-state index in [-0.39, 0.29) is 48.0 Å². The van der Waals surface area contributed by atoms with Gasteiger partial charge in [0.15, 0.2) is 0 Å². The molecule has 2 atom stereocenters. The summed E-state index contributed by atoms with van der Waals surface area (Å²) in [6.45, 7) is 1.93. The predicted octanol–water partition coefficient (Wildman–Crippen LogP) is 2.44. The Morgan fingerprint density at radius 3 is 2.46 bits per heavy atom. The third-order valence-corrected chi connectivity index (χ3v) is 5.55. The van der Waals surface area contributed by atoms with E-state index in [1.807, 2.05) is 30.3 Å². The van der Waals surface area contributed by atoms with Gasteiger partial charge < -0.3 is 16.0 Å². The van der Waals surface area contributed by atoms with Gasteiger partial charge in [-0.1, -0.05) is 30.3 Å². The summed E-state index contributed by atoms with van der Waals surface area (Å²) < 4.78 is 0. The molecule has 2 amide bonds. The number of rotatable bonds is 5. The van der Waals surface area contributed by atoms with Gasteiger partial charge in [-0.05, 0) is 43.3 Å². The number of nitrogens with zero attached hydrogens (tertiary/aromatic N) is 1. The number of carbonyl (C=O) groups excluding carboxylic acids is 2. The van der Waals surface area contributed by atoms with Gasteiger partial charge in [0.25, 0.3) is 5.91 Å². The van der Waals surface area contributed by atoms with E-state index in [2.05, 4.69) is 26.1 Å². The van der Waals surface area contributed by atoms with Crippen molar-refractivity contribution in [3.63, 3.8) is 0 Å². The molecule has 28 heavy (non-hydrogen) atoms. The summed E-state index contributed by atoms with van der Waals surface area (Å²) in [4.78, 5) is 25.6. The molecule has 1 spiro atoms. The lowest BCUT2D eigenvalue weighted by atomic mass is 9.91. The number of nitrogens with one attached hydrogen (secondary N) is 4. The minimum Gasteiger partial charge on any atom is -0.340 e. The molecule has 2 fully saturated rings. The second kappa shape index (κ2) is 9.41. The summed E-state index contributed by atoms with van der Waals surface area (Å²) in [5, 5.41) is 15.6. The Kier molecular flexibility index (Phi) is 7.46. The maximum Gasteiger partial charge on any atom is 0.252 e. The second-order valence-corrected chi connectivity index (χ2v) is 7.18. The normalized spacial score (nSPS) is 20.2. The fourth-order valence-corrected chi connectivity index (χ4v) is 3.91. The highest BCUT2D eigenvalue weighted by Crippen LogP contribution is 2.58. The molecule has 2 aromatic rings. The first kappa shape index (κ1) is 22.2. The van der Waals surface area contributed by atoms with Gasteiger partial charge in [-0.3, -0.25) is 14.7 Å². The standard InChI is InChI=1S/C19H23N5O2.2ClH/c25-17(14-12-19(14)7-10-20-11-8-19)23-16(13-4-2-1-3-5-13)18(26)22-15-6-9-21-24-15;;/h1-6,9,14,16,20H,7-8,10-12H2,(H,23,25)(H2,21,22,24,26);2*1H. The van der Waals surface area contributed by atoms with Crippen LogP contribution < -0.4 is 16.0 Å². The Balaban J connectivity index is 0.00000140. The van der Waals surface area contributed by atoms with Gasteiger partial charge >= 0.3 is 0 Å². The number of benzene rings is 1. The van der Waals surface area contributed by atoms with E-state index in [0.717, 1.165) is 37.9 Å². The molecule has 152 valence electrons. The number of hydrogen-bond acceptors (Lipinski definition) is 4. The molecule has 1 saturated carbocycles. The molecule has 1 aliphatic carbocycles. The van der Waals surface area contributed by atoms with Crippen LogP contribution in [0.25, 0.3) is 0 Å². The molecule has 0 radical (unpaired) electrons. The molecule has 1 aliphatic heterocycles. The Labute approximate surface area is 176 Å². The van der Waals surface area contributed by atoms with Crippen molar-refractivity contribution >= 4 is 42.4 Å². The van der Waals surface area contributed by atoms with E-state index >= 15 is 0 Å². The molecule has 2 aliphatic rings. The monoisotopic (exact) mass is 425 g/mol. The van der Waals surface area contributed by atoms with E-state index in [0.29, 0.717) is 5.82 Å². The first-order chi connectivity index (χ1) is 12.7. The number of H-pyrrole nitrogens is 1. The highest BCUT2D eigenvalue weighted by atomic mass is 35.5. The highest BCUT2D eigenvalue weighted by Gasteiger charge is 2.57. The van der Waals surface area contributed by atoms with Crippen molar-refractivity contribution in [3.05, 3.63) is 48.2 Å². The molecule has 1 aromatic carbocycles. The van der Waals surface area contributed by atoms with Crippen LogP contribution in [0, 0.1) is 11.3 Å². The van der Waals surface area contributed by atoms with Gasteiger partial charge in [0, 0.05) is 12.0 Å². The fourth-order valence-electron chi connectivity index (χ4n) is 3.91. The van der Waals surface area contributed by atoms with Crippen molar-refractivity contribution in [3.8, 4) is 0 Å². The zero-order chi connectivity index (χ0) is 18.0. The minimum atomic E-state index is -0.730. The fraction of sp³-hybridized carbons (Fsp3) is 0.421. The first-order valence-electron chi connectivity index (χ1n) is 9.04. The van der Waals surface area contributed by atoms with E-state index in [9.17, 15) is 9.59 Å². The number of anilines is 1. The van der Waals surface area contributed by atoms with Crippen LogP contribution in [0.15, 0.2) is 42.6 Å². The van der Waals surface area contributed by atoms with Crippen molar-refractivity contribution < 1.29 is 9.59 Å². The Morgan fingerprint density at radius 2 is 1.82 bits per heavy atom. The van der Waals surface area contributed by atoms with Crippen molar-refractivity contribution in [1.82, 2.24) is 20.8 Å². The molecule has 4 N–H and O–H groups in total. The van der Waals surface area contributed by atoms with Crippen molar-refractivity contribution in [2.24, 2.45) is 11.3 Å². The Bertz CT molecular complexity index is 779. The van der Waals surface area contributed by atoms with Crippen molar-refractivity contribution in [1.29, 1.82) is 0 Å². The third-order valence-electron chi connectivity index (χ3n) is 5.55. The van der Waals surface area contributed by atoms with Gasteiger partial charge in [0.1, 0.15) is 11.9 Å². The van der Waals surface area contributed by atoms with Gasteiger partial charge in [-0.25, -0.2) is 0 Å². The average Bonchev–Trinajstić information content (AvgIpc) is 3.11. The topological polar surface area (TPSA) is 98.9 Å². The number of hydrogen-bond donors (Lipinski definition) is 4. The van der Waals surface area contributed by atoms with Gasteiger partial charge in [-0.2, -0.15) is 5.10 Å². The summed E-state index contributed by atoms with van der Waals surface area (Å²) in [5.74, 6) is 0.205. The van der Waals surface area contributed by atoms with E-state index in [1.165, 1.54) is 0 Å². The predicted molar refractivity (Wildman–Crippen MR) is 112 cm³/mol. The third kappa shape index (κ3) is 4.66. The molecule has 9 heteroatoms. The molecule has 1 aromatic heterocycles. The zero-order valence-corrected chi connectivity index (χ0v) is 16.9. The molecule has 4 rings (SSSR count). The van der Waals surface area contributed by atoms with Crippen LogP contribution in [0.4, 0.5) is 5.82 Å². The summed E-state index contributed by atoms with van der Waals surface area (Å²) in [6, 6.07) is 10.3. The van der Waals surface area contributed by atoms with Gasteiger partial charge in [0.2, 0.25) is 5.91 Å². The number of amides is 2. The van der Waals surface area contributed by atoms with Crippen LogP contribution in [-0.4, -0.2) is 35.1 Å². The lowest BCUT2D eigenvalue weighted by molar-refractivity contribution is -0.128. The SMILES string of the molecule is Cl.Cl.O=C(Nc1ccn[nH]1)C(NC(=O)C1CC12CCNCC2)c1ccccc1. The molecule has 2 heterocycles. The molecular formula is C19H25Cl2N5O2. The molecule has 7 nitrogen and oxygen atoms in total. The highest BCUT2D eigenvalue weighted by molar-refractivity contribution is 5.98. The summed E-state index contributed by atoms with van der Waals surface area (Å²) in [6.07, 6.45) is 4.55. The number of carbonyl (C=O) groups is 2. The van der Waals surface area contributed by atoms with Crippen LogP contribution >= 0.6 is 24.8 Å². The Morgan fingerprint density at radius 1 is 1.11 bits per heavy atom. The molecule has 1 saturated heterocycles. The number of aromatic nitrogens is 2. The molecular weight excluding hydrogens is 401 g/mol. The second-order valence-electron chi connectivity index (χ2n) is 7.18. The summed E-state index contributed by atoms with van der Waals surface area (Å²) in [5.41, 5.74) is 0.897. The molecule has 2 unspecified atom stereocenters. The lowest BCUT2D eigenvalue weighted by Crippen LogP contribution is -2.39. The van der Waals surface area contributed by atoms with Crippen molar-refractivity contribution in [2.75, 3.05) is 18.4 Å². The van der Waals surface area contributed by atoms with Crippen LogP contribution in [0.2, 0.25) is 0 Å². The van der Waals surface area contributed by atoms with Crippen molar-refractivity contribution in [2.45, 2.75) is 25.3 Å². The Hall–Kier alpha value is -2.09.